The molecule has 0 radical (unpaired) electrons. The number of hydrogen-bond acceptors (Lipinski definition) is 2. The first kappa shape index (κ1) is 8.46. The Balaban J connectivity index is 2.98. The van der Waals surface area contributed by atoms with E-state index in [0.717, 1.165) is 6.08 Å². The fraction of sp³-hybridized carbons (Fsp3) is 0. The van der Waals surface area contributed by atoms with Crippen molar-refractivity contribution in [1.82, 2.24) is 0 Å². The summed E-state index contributed by atoms with van der Waals surface area (Å²) >= 11 is 0. The predicted molar refractivity (Wildman–Crippen MR) is 44.3 cm³/mol. The Bertz CT molecular complexity index is 343. The Kier molecular flexibility index (Phi) is 2.58. The van der Waals surface area contributed by atoms with E-state index in [-0.39, 0.29) is 0 Å². The molecule has 0 aliphatic heterocycles. The van der Waals surface area contributed by atoms with Crippen LogP contribution in [-0.2, 0) is 0 Å². The summed E-state index contributed by atoms with van der Waals surface area (Å²) in [4.78, 5) is 10.5. The van der Waals surface area contributed by atoms with Gasteiger partial charge in [-0.1, -0.05) is 6.58 Å². The minimum atomic E-state index is -0.469. The third kappa shape index (κ3) is 2.20. The summed E-state index contributed by atoms with van der Waals surface area (Å²) in [6.07, 6.45) is 3.48. The molecule has 0 saturated heterocycles. The molecule has 0 N–H and O–H groups in total. The number of halogens is 1. The summed E-state index contributed by atoms with van der Waals surface area (Å²) in [5.74, 6) is -0.469. The second-order valence-electron chi connectivity index (χ2n) is 2.12. The molecule has 1 aromatic rings. The highest BCUT2D eigenvalue weighted by molar-refractivity contribution is 5.51. The van der Waals surface area contributed by atoms with Gasteiger partial charge < -0.3 is 4.42 Å². The van der Waals surface area contributed by atoms with Gasteiger partial charge in [0.05, 0.1) is 0 Å². The van der Waals surface area contributed by atoms with E-state index in [1.807, 2.05) is 0 Å². The Hall–Kier alpha value is -1.64. The molecule has 0 aromatic carbocycles. The van der Waals surface area contributed by atoms with Crippen molar-refractivity contribution in [2.24, 2.45) is 0 Å². The summed E-state index contributed by atoms with van der Waals surface area (Å²) in [7, 11) is 0. The smallest absolute Gasteiger partial charge is 0.335 e. The van der Waals surface area contributed by atoms with Crippen molar-refractivity contribution in [3.05, 3.63) is 52.9 Å². The molecule has 1 aromatic heterocycles. The average Bonchev–Trinajstić information content (AvgIpc) is 2.09. The molecule has 0 aliphatic carbocycles. The van der Waals surface area contributed by atoms with Crippen molar-refractivity contribution in [1.29, 1.82) is 0 Å². The van der Waals surface area contributed by atoms with Crippen molar-refractivity contribution < 1.29 is 8.81 Å². The van der Waals surface area contributed by atoms with Gasteiger partial charge in [-0.3, -0.25) is 0 Å². The summed E-state index contributed by atoms with van der Waals surface area (Å²) in [6, 6.07) is 2.69. The molecule has 0 saturated carbocycles. The lowest BCUT2D eigenvalue weighted by Gasteiger charge is -1.89. The standard InChI is InChI=1S/C9H7FO2/c1-2-8(10)5-7-3-4-9(11)12-6-7/h2-6H,1H2/b8-5+. The van der Waals surface area contributed by atoms with Gasteiger partial charge in [0.25, 0.3) is 0 Å². The minimum absolute atomic E-state index is 0.453. The van der Waals surface area contributed by atoms with Crippen LogP contribution in [0.5, 0.6) is 0 Å². The molecule has 1 rings (SSSR count). The number of rotatable bonds is 2. The summed E-state index contributed by atoms with van der Waals surface area (Å²) in [5.41, 5.74) is 0.0400. The van der Waals surface area contributed by atoms with E-state index in [1.165, 1.54) is 24.5 Å². The summed E-state index contributed by atoms with van der Waals surface area (Å²) in [6.45, 7) is 3.24. The van der Waals surface area contributed by atoms with Crippen molar-refractivity contribution in [3.8, 4) is 0 Å². The minimum Gasteiger partial charge on any atom is -0.431 e. The summed E-state index contributed by atoms with van der Waals surface area (Å²) < 4.78 is 17.0. The van der Waals surface area contributed by atoms with Gasteiger partial charge in [-0.05, 0) is 18.2 Å². The molecular weight excluding hydrogens is 159 g/mol. The lowest BCUT2D eigenvalue weighted by molar-refractivity contribution is 0.509. The molecule has 0 fully saturated rings. The molecule has 62 valence electrons. The molecule has 0 bridgehead atoms. The number of hydrogen-bond donors (Lipinski definition) is 0. The van der Waals surface area contributed by atoms with Gasteiger partial charge in [0, 0.05) is 11.6 Å². The third-order valence-electron chi connectivity index (χ3n) is 1.22. The van der Waals surface area contributed by atoms with E-state index in [1.54, 1.807) is 0 Å². The SMILES string of the molecule is C=C/C(F)=C\c1ccc(=O)oc1. The molecule has 0 amide bonds. The predicted octanol–water partition coefficient (Wildman–Crippen LogP) is 2.14. The lowest BCUT2D eigenvalue weighted by atomic mass is 10.3. The normalized spacial score (nSPS) is 11.2. The van der Waals surface area contributed by atoms with Gasteiger partial charge in [0.2, 0.25) is 0 Å². The molecule has 1 heterocycles. The van der Waals surface area contributed by atoms with Crippen LogP contribution < -0.4 is 5.63 Å². The van der Waals surface area contributed by atoms with E-state index in [9.17, 15) is 9.18 Å². The Morgan fingerprint density at radius 1 is 1.58 bits per heavy atom. The number of allylic oxidation sites excluding steroid dienone is 2. The van der Waals surface area contributed by atoms with Crippen molar-refractivity contribution in [2.45, 2.75) is 0 Å². The van der Waals surface area contributed by atoms with E-state index < -0.39 is 11.5 Å². The van der Waals surface area contributed by atoms with Gasteiger partial charge in [-0.25, -0.2) is 9.18 Å². The van der Waals surface area contributed by atoms with Gasteiger partial charge in [-0.15, -0.1) is 0 Å². The quantitative estimate of drug-likeness (QED) is 0.630. The highest BCUT2D eigenvalue weighted by Crippen LogP contribution is 2.06. The maximum absolute atomic E-state index is 12.5. The van der Waals surface area contributed by atoms with Crippen LogP contribution in [0.3, 0.4) is 0 Å². The first-order valence-electron chi connectivity index (χ1n) is 3.31. The highest BCUT2D eigenvalue weighted by atomic mass is 19.1. The van der Waals surface area contributed by atoms with E-state index in [2.05, 4.69) is 11.0 Å². The van der Waals surface area contributed by atoms with Crippen molar-refractivity contribution in [3.63, 3.8) is 0 Å². The third-order valence-corrected chi connectivity index (χ3v) is 1.22. The van der Waals surface area contributed by atoms with Crippen LogP contribution >= 0.6 is 0 Å². The van der Waals surface area contributed by atoms with Crippen LogP contribution in [0.15, 0.2) is 46.1 Å². The van der Waals surface area contributed by atoms with Crippen LogP contribution in [0.25, 0.3) is 6.08 Å². The molecule has 3 heteroatoms. The fourth-order valence-electron chi connectivity index (χ4n) is 0.669. The van der Waals surface area contributed by atoms with Gasteiger partial charge in [0.1, 0.15) is 12.1 Å². The van der Waals surface area contributed by atoms with E-state index in [4.69, 9.17) is 0 Å². The maximum atomic E-state index is 12.5. The second-order valence-corrected chi connectivity index (χ2v) is 2.12. The highest BCUT2D eigenvalue weighted by Gasteiger charge is 1.91. The van der Waals surface area contributed by atoms with Crippen LogP contribution in [0.2, 0.25) is 0 Å². The molecular formula is C9H7FO2. The van der Waals surface area contributed by atoms with Crippen LogP contribution in [0, 0.1) is 0 Å². The monoisotopic (exact) mass is 166 g/mol. The largest absolute Gasteiger partial charge is 0.431 e. The lowest BCUT2D eigenvalue weighted by Crippen LogP contribution is -1.93. The van der Waals surface area contributed by atoms with Crippen molar-refractivity contribution >= 4 is 6.08 Å². The van der Waals surface area contributed by atoms with Gasteiger partial charge in [-0.2, -0.15) is 0 Å². The Morgan fingerprint density at radius 2 is 2.33 bits per heavy atom. The molecule has 0 unspecified atom stereocenters. The van der Waals surface area contributed by atoms with Gasteiger partial charge >= 0.3 is 5.63 Å². The van der Waals surface area contributed by atoms with E-state index in [0.29, 0.717) is 5.56 Å². The Labute approximate surface area is 68.6 Å². The van der Waals surface area contributed by atoms with E-state index >= 15 is 0 Å². The topological polar surface area (TPSA) is 30.2 Å². The molecule has 0 atom stereocenters. The van der Waals surface area contributed by atoms with Crippen LogP contribution in [0.1, 0.15) is 5.56 Å². The second kappa shape index (κ2) is 3.67. The molecule has 0 aliphatic rings. The van der Waals surface area contributed by atoms with Crippen LogP contribution in [-0.4, -0.2) is 0 Å². The molecule has 0 spiro atoms. The fourth-order valence-corrected chi connectivity index (χ4v) is 0.669. The zero-order chi connectivity index (χ0) is 8.97. The Morgan fingerprint density at radius 3 is 2.83 bits per heavy atom. The zero-order valence-corrected chi connectivity index (χ0v) is 6.29. The molecule has 2 nitrogen and oxygen atoms in total. The maximum Gasteiger partial charge on any atom is 0.335 e. The van der Waals surface area contributed by atoms with Gasteiger partial charge in [0.15, 0.2) is 0 Å². The first-order chi connectivity index (χ1) is 5.72. The first-order valence-corrected chi connectivity index (χ1v) is 3.31. The summed E-state index contributed by atoms with van der Waals surface area (Å²) in [5, 5.41) is 0. The van der Waals surface area contributed by atoms with Crippen LogP contribution in [0.4, 0.5) is 4.39 Å². The van der Waals surface area contributed by atoms with Crippen molar-refractivity contribution in [2.75, 3.05) is 0 Å². The zero-order valence-electron chi connectivity index (χ0n) is 6.29. The molecule has 12 heavy (non-hydrogen) atoms. The average molecular weight is 166 g/mol.